The van der Waals surface area contributed by atoms with Crippen molar-refractivity contribution in [3.05, 3.63) is 57.3 Å². The summed E-state index contributed by atoms with van der Waals surface area (Å²) in [5.74, 6) is -0.913. The topological polar surface area (TPSA) is 49.3 Å². The Bertz CT molecular complexity index is 686. The summed E-state index contributed by atoms with van der Waals surface area (Å²) >= 11 is 3.07. The summed E-state index contributed by atoms with van der Waals surface area (Å²) < 4.78 is 13.6. The van der Waals surface area contributed by atoms with E-state index in [1.54, 1.807) is 19.1 Å². The minimum Gasteiger partial charge on any atom is -0.507 e. The molecule has 0 radical (unpaired) electrons. The molecular weight excluding hydrogens is 325 g/mol. The molecule has 0 heterocycles. The van der Waals surface area contributed by atoms with E-state index in [0.29, 0.717) is 11.3 Å². The van der Waals surface area contributed by atoms with Gasteiger partial charge in [-0.2, -0.15) is 0 Å². The minimum absolute atomic E-state index is 0.0821. The molecule has 104 valence electrons. The highest BCUT2D eigenvalue weighted by molar-refractivity contribution is 9.10. The molecule has 0 unspecified atom stereocenters. The van der Waals surface area contributed by atoms with Gasteiger partial charge in [0.25, 0.3) is 5.91 Å². The number of aryl methyl sites for hydroxylation is 2. The van der Waals surface area contributed by atoms with E-state index in [4.69, 9.17) is 0 Å². The van der Waals surface area contributed by atoms with Gasteiger partial charge in [-0.1, -0.05) is 6.07 Å². The van der Waals surface area contributed by atoms with E-state index in [9.17, 15) is 14.3 Å². The van der Waals surface area contributed by atoms with Gasteiger partial charge >= 0.3 is 0 Å². The number of aromatic hydroxyl groups is 1. The zero-order valence-corrected chi connectivity index (χ0v) is 12.6. The number of carbonyl (C=O) groups excluding carboxylic acids is 1. The van der Waals surface area contributed by atoms with Gasteiger partial charge in [0, 0.05) is 5.69 Å². The van der Waals surface area contributed by atoms with Crippen LogP contribution in [0.1, 0.15) is 21.5 Å². The Morgan fingerprint density at radius 1 is 1.25 bits per heavy atom. The standard InChI is InChI=1S/C15H13BrFNO2/c1-8-3-4-10(14(19)5-8)15(20)18-13-7-11(16)12(17)6-9(13)2/h3-7,19H,1-2H3,(H,18,20). The SMILES string of the molecule is Cc1ccc(C(=O)Nc2cc(Br)c(F)cc2C)c(O)c1. The van der Waals surface area contributed by atoms with Crippen LogP contribution in [0.5, 0.6) is 5.75 Å². The Kier molecular flexibility index (Phi) is 4.09. The first-order chi connectivity index (χ1) is 9.38. The first-order valence-electron chi connectivity index (χ1n) is 5.95. The van der Waals surface area contributed by atoms with Crippen molar-refractivity contribution >= 4 is 27.5 Å². The molecule has 0 spiro atoms. The number of carbonyl (C=O) groups is 1. The van der Waals surface area contributed by atoms with E-state index >= 15 is 0 Å². The third-order valence-corrected chi connectivity index (χ3v) is 3.52. The van der Waals surface area contributed by atoms with Gasteiger partial charge in [0.15, 0.2) is 0 Å². The first-order valence-corrected chi connectivity index (χ1v) is 6.74. The highest BCUT2D eigenvalue weighted by Gasteiger charge is 2.13. The van der Waals surface area contributed by atoms with Crippen LogP contribution in [-0.4, -0.2) is 11.0 Å². The lowest BCUT2D eigenvalue weighted by molar-refractivity contribution is 0.102. The van der Waals surface area contributed by atoms with Crippen molar-refractivity contribution in [2.75, 3.05) is 5.32 Å². The lowest BCUT2D eigenvalue weighted by atomic mass is 10.1. The monoisotopic (exact) mass is 337 g/mol. The number of amides is 1. The molecule has 20 heavy (non-hydrogen) atoms. The summed E-state index contributed by atoms with van der Waals surface area (Å²) in [6, 6.07) is 7.63. The fourth-order valence-corrected chi connectivity index (χ4v) is 2.15. The van der Waals surface area contributed by atoms with Gasteiger partial charge in [0.1, 0.15) is 11.6 Å². The predicted octanol–water partition coefficient (Wildman–Crippen LogP) is 4.16. The van der Waals surface area contributed by atoms with Crippen LogP contribution in [0, 0.1) is 19.7 Å². The van der Waals surface area contributed by atoms with Crippen molar-refractivity contribution in [2.45, 2.75) is 13.8 Å². The summed E-state index contributed by atoms with van der Waals surface area (Å²) in [6.07, 6.45) is 0. The smallest absolute Gasteiger partial charge is 0.259 e. The number of halogens is 2. The second-order valence-corrected chi connectivity index (χ2v) is 5.41. The predicted molar refractivity (Wildman–Crippen MR) is 79.6 cm³/mol. The van der Waals surface area contributed by atoms with Crippen LogP contribution in [-0.2, 0) is 0 Å². The molecule has 0 aliphatic rings. The average molecular weight is 338 g/mol. The summed E-state index contributed by atoms with van der Waals surface area (Å²) in [6.45, 7) is 3.52. The van der Waals surface area contributed by atoms with Gasteiger partial charge in [-0.15, -0.1) is 0 Å². The molecule has 0 fully saturated rings. The number of anilines is 1. The van der Waals surface area contributed by atoms with Crippen LogP contribution in [0.25, 0.3) is 0 Å². The third kappa shape index (κ3) is 2.99. The summed E-state index contributed by atoms with van der Waals surface area (Å²) in [4.78, 5) is 12.1. The molecule has 0 saturated heterocycles. The second-order valence-electron chi connectivity index (χ2n) is 4.56. The van der Waals surface area contributed by atoms with Gasteiger partial charge in [-0.25, -0.2) is 4.39 Å². The Hall–Kier alpha value is -1.88. The van der Waals surface area contributed by atoms with E-state index in [1.807, 2.05) is 6.92 Å². The van der Waals surface area contributed by atoms with Gasteiger partial charge in [0.2, 0.25) is 0 Å². The van der Waals surface area contributed by atoms with Gasteiger partial charge in [-0.05, 0) is 65.2 Å². The van der Waals surface area contributed by atoms with Crippen LogP contribution in [0.4, 0.5) is 10.1 Å². The van der Waals surface area contributed by atoms with Crippen LogP contribution < -0.4 is 5.32 Å². The second kappa shape index (κ2) is 5.63. The van der Waals surface area contributed by atoms with E-state index in [0.717, 1.165) is 5.56 Å². The van der Waals surface area contributed by atoms with Crippen molar-refractivity contribution in [1.82, 2.24) is 0 Å². The van der Waals surface area contributed by atoms with Gasteiger partial charge < -0.3 is 10.4 Å². The van der Waals surface area contributed by atoms with E-state index in [2.05, 4.69) is 21.2 Å². The highest BCUT2D eigenvalue weighted by atomic mass is 79.9. The molecule has 0 bridgehead atoms. The lowest BCUT2D eigenvalue weighted by Crippen LogP contribution is -2.13. The third-order valence-electron chi connectivity index (χ3n) is 2.91. The molecule has 2 N–H and O–H groups in total. The van der Waals surface area contributed by atoms with E-state index in [1.165, 1.54) is 18.2 Å². The van der Waals surface area contributed by atoms with Crippen molar-refractivity contribution < 1.29 is 14.3 Å². The molecule has 2 rings (SSSR count). The number of nitrogens with one attached hydrogen (secondary N) is 1. The van der Waals surface area contributed by atoms with E-state index < -0.39 is 11.7 Å². The summed E-state index contributed by atoms with van der Waals surface area (Å²) in [5, 5.41) is 12.4. The first kappa shape index (κ1) is 14.5. The zero-order valence-electron chi connectivity index (χ0n) is 11.0. The van der Waals surface area contributed by atoms with Crippen LogP contribution in [0.2, 0.25) is 0 Å². The maximum absolute atomic E-state index is 13.3. The number of hydrogen-bond donors (Lipinski definition) is 2. The maximum Gasteiger partial charge on any atom is 0.259 e. The van der Waals surface area contributed by atoms with Crippen molar-refractivity contribution in [1.29, 1.82) is 0 Å². The normalized spacial score (nSPS) is 10.4. The van der Waals surface area contributed by atoms with Gasteiger partial charge in [0.05, 0.1) is 10.0 Å². The molecule has 5 heteroatoms. The lowest BCUT2D eigenvalue weighted by Gasteiger charge is -2.11. The van der Waals surface area contributed by atoms with Crippen LogP contribution >= 0.6 is 15.9 Å². The molecule has 3 nitrogen and oxygen atoms in total. The molecule has 0 aliphatic carbocycles. The molecule has 0 atom stereocenters. The van der Waals surface area contributed by atoms with Crippen molar-refractivity contribution in [3.63, 3.8) is 0 Å². The Morgan fingerprint density at radius 3 is 2.60 bits per heavy atom. The van der Waals surface area contributed by atoms with Crippen molar-refractivity contribution in [3.8, 4) is 5.75 Å². The fraction of sp³-hybridized carbons (Fsp3) is 0.133. The molecular formula is C15H13BrFNO2. The Labute approximate surface area is 124 Å². The Morgan fingerprint density at radius 2 is 1.95 bits per heavy atom. The fourth-order valence-electron chi connectivity index (χ4n) is 1.80. The zero-order chi connectivity index (χ0) is 14.9. The molecule has 2 aromatic carbocycles. The average Bonchev–Trinajstić information content (AvgIpc) is 2.35. The van der Waals surface area contributed by atoms with Crippen LogP contribution in [0.15, 0.2) is 34.8 Å². The number of hydrogen-bond acceptors (Lipinski definition) is 2. The summed E-state index contributed by atoms with van der Waals surface area (Å²) in [5.41, 5.74) is 2.13. The Balaban J connectivity index is 2.30. The van der Waals surface area contributed by atoms with E-state index in [-0.39, 0.29) is 15.8 Å². The van der Waals surface area contributed by atoms with Crippen LogP contribution in [0.3, 0.4) is 0 Å². The largest absolute Gasteiger partial charge is 0.507 e. The highest BCUT2D eigenvalue weighted by Crippen LogP contribution is 2.26. The minimum atomic E-state index is -0.441. The number of phenols is 1. The molecule has 0 aromatic heterocycles. The molecule has 1 amide bonds. The number of rotatable bonds is 2. The molecule has 0 saturated carbocycles. The quantitative estimate of drug-likeness (QED) is 0.864. The molecule has 2 aromatic rings. The van der Waals surface area contributed by atoms with Crippen molar-refractivity contribution in [2.24, 2.45) is 0 Å². The summed E-state index contributed by atoms with van der Waals surface area (Å²) in [7, 11) is 0. The van der Waals surface area contributed by atoms with Gasteiger partial charge in [-0.3, -0.25) is 4.79 Å². The number of phenolic OH excluding ortho intramolecular Hbond substituents is 1. The number of benzene rings is 2. The maximum atomic E-state index is 13.3. The molecule has 0 aliphatic heterocycles.